The van der Waals surface area contributed by atoms with Crippen molar-refractivity contribution in [1.29, 1.82) is 0 Å². The van der Waals surface area contributed by atoms with E-state index in [0.717, 1.165) is 70.0 Å². The summed E-state index contributed by atoms with van der Waals surface area (Å²) in [6.07, 6.45) is 20.2. The monoisotopic (exact) mass is 402 g/mol. The summed E-state index contributed by atoms with van der Waals surface area (Å²) in [4.78, 5) is 27.2. The van der Waals surface area contributed by atoms with Crippen molar-refractivity contribution < 1.29 is 14.5 Å². The topological polar surface area (TPSA) is 38.6 Å². The van der Waals surface area contributed by atoms with E-state index in [4.69, 9.17) is 0 Å². The Balaban J connectivity index is 1.16. The second-order valence-electron chi connectivity index (χ2n) is 10.9. The van der Waals surface area contributed by atoms with Crippen LogP contribution in [-0.2, 0) is 9.59 Å². The van der Waals surface area contributed by atoms with Crippen LogP contribution in [0.2, 0.25) is 0 Å². The Morgan fingerprint density at radius 3 is 1.69 bits per heavy atom. The number of likely N-dealkylation sites (tertiary alicyclic amines) is 1. The van der Waals surface area contributed by atoms with Gasteiger partial charge in [-0.1, -0.05) is 51.4 Å². The van der Waals surface area contributed by atoms with Crippen molar-refractivity contribution in [3.05, 3.63) is 0 Å². The van der Waals surface area contributed by atoms with Crippen molar-refractivity contribution in [3.63, 3.8) is 0 Å². The first-order valence-electron chi connectivity index (χ1n) is 13.1. The van der Waals surface area contributed by atoms with Gasteiger partial charge < -0.3 is 4.90 Å². The molecule has 3 aliphatic carbocycles. The normalized spacial score (nSPS) is 35.3. The van der Waals surface area contributed by atoms with E-state index in [-0.39, 0.29) is 0 Å². The number of hydrogen-bond acceptors (Lipinski definition) is 2. The first kappa shape index (κ1) is 21.5. The fourth-order valence-electron chi connectivity index (χ4n) is 7.12. The molecule has 1 heterocycles. The molecule has 0 unspecified atom stereocenters. The number of rotatable bonds is 6. The van der Waals surface area contributed by atoms with Crippen molar-refractivity contribution in [2.24, 2.45) is 29.6 Å². The summed E-state index contributed by atoms with van der Waals surface area (Å²) in [5, 5.41) is 0. The molecule has 0 atom stereocenters. The second kappa shape index (κ2) is 10.6. The van der Waals surface area contributed by atoms with Gasteiger partial charge in [-0.2, -0.15) is 0 Å². The Bertz CT molecular complexity index is 531. The molecule has 164 valence electrons. The molecule has 4 rings (SSSR count). The number of Topliss-reactive ketones (excluding diaryl/α,β-unsaturated/α-hetero) is 2. The number of piperidine rings is 1. The van der Waals surface area contributed by atoms with E-state index in [9.17, 15) is 9.59 Å². The first-order valence-corrected chi connectivity index (χ1v) is 13.1. The molecule has 4 aliphatic rings. The lowest BCUT2D eigenvalue weighted by Gasteiger charge is -2.36. The highest BCUT2D eigenvalue weighted by atomic mass is 16.1. The molecule has 0 radical (unpaired) electrons. The summed E-state index contributed by atoms with van der Waals surface area (Å²) < 4.78 is 0. The van der Waals surface area contributed by atoms with Crippen molar-refractivity contribution in [2.75, 3.05) is 19.6 Å². The predicted molar refractivity (Wildman–Crippen MR) is 117 cm³/mol. The van der Waals surface area contributed by atoms with Crippen molar-refractivity contribution >= 4 is 11.6 Å². The molecule has 0 aromatic rings. The lowest BCUT2D eigenvalue weighted by Crippen LogP contribution is -3.14. The molecule has 4 fully saturated rings. The van der Waals surface area contributed by atoms with Crippen molar-refractivity contribution in [1.82, 2.24) is 0 Å². The van der Waals surface area contributed by atoms with Crippen LogP contribution in [0.4, 0.5) is 0 Å². The zero-order valence-corrected chi connectivity index (χ0v) is 18.6. The number of quaternary nitrogens is 1. The van der Waals surface area contributed by atoms with E-state index in [0.29, 0.717) is 29.3 Å². The van der Waals surface area contributed by atoms with Gasteiger partial charge in [0.15, 0.2) is 5.78 Å². The van der Waals surface area contributed by atoms with Crippen LogP contribution < -0.4 is 4.90 Å². The fourth-order valence-corrected chi connectivity index (χ4v) is 7.12. The number of ketones is 2. The van der Waals surface area contributed by atoms with E-state index < -0.39 is 0 Å². The number of carbonyl (C=O) groups is 2. The summed E-state index contributed by atoms with van der Waals surface area (Å²) in [5.41, 5.74) is 0. The van der Waals surface area contributed by atoms with Crippen LogP contribution in [0, 0.1) is 29.6 Å². The molecule has 1 aliphatic heterocycles. The molecule has 3 heteroatoms. The Morgan fingerprint density at radius 2 is 1.07 bits per heavy atom. The van der Waals surface area contributed by atoms with Gasteiger partial charge in [0.1, 0.15) is 12.3 Å². The zero-order chi connectivity index (χ0) is 20.1. The van der Waals surface area contributed by atoms with Gasteiger partial charge in [0.05, 0.1) is 13.1 Å². The molecular weight excluding hydrogens is 358 g/mol. The lowest BCUT2D eigenvalue weighted by molar-refractivity contribution is -0.897. The minimum atomic E-state index is 0.294. The van der Waals surface area contributed by atoms with E-state index in [2.05, 4.69) is 0 Å². The van der Waals surface area contributed by atoms with Gasteiger partial charge in [0, 0.05) is 30.6 Å². The third-order valence-corrected chi connectivity index (χ3v) is 9.07. The SMILES string of the molecule is O=C(C[NH+]1CCC(C(=O)C2CCCCC2)CC1)C1CCC(C2CCCCC2)CC1. The third kappa shape index (κ3) is 5.71. The zero-order valence-electron chi connectivity index (χ0n) is 18.6. The van der Waals surface area contributed by atoms with Crippen molar-refractivity contribution in [3.8, 4) is 0 Å². The van der Waals surface area contributed by atoms with Crippen LogP contribution in [0.5, 0.6) is 0 Å². The molecule has 3 nitrogen and oxygen atoms in total. The highest BCUT2D eigenvalue weighted by molar-refractivity contribution is 5.83. The average molecular weight is 403 g/mol. The third-order valence-electron chi connectivity index (χ3n) is 9.07. The fraction of sp³-hybridized carbons (Fsp3) is 0.923. The molecule has 0 spiro atoms. The van der Waals surface area contributed by atoms with Crippen LogP contribution >= 0.6 is 0 Å². The molecule has 29 heavy (non-hydrogen) atoms. The lowest BCUT2D eigenvalue weighted by atomic mass is 9.70. The van der Waals surface area contributed by atoms with Crippen LogP contribution in [0.1, 0.15) is 103 Å². The molecule has 0 aromatic carbocycles. The minimum Gasteiger partial charge on any atom is -0.329 e. The maximum absolute atomic E-state index is 12.9. The standard InChI is InChI=1S/C26H43NO2/c28-25(22-13-11-21(12-14-22)20-7-3-1-4-8-20)19-27-17-15-24(16-18-27)26(29)23-9-5-2-6-10-23/h20-24H,1-19H2/p+1. The molecule has 1 N–H and O–H groups in total. The summed E-state index contributed by atoms with van der Waals surface area (Å²) >= 11 is 0. The van der Waals surface area contributed by atoms with Crippen LogP contribution in [-0.4, -0.2) is 31.2 Å². The maximum Gasteiger partial charge on any atom is 0.189 e. The highest BCUT2D eigenvalue weighted by Crippen LogP contribution is 2.40. The summed E-state index contributed by atoms with van der Waals surface area (Å²) in [6, 6.07) is 0. The minimum absolute atomic E-state index is 0.294. The smallest absolute Gasteiger partial charge is 0.189 e. The quantitative estimate of drug-likeness (QED) is 0.716. The number of carbonyl (C=O) groups excluding carboxylic acids is 2. The molecule has 0 bridgehead atoms. The van der Waals surface area contributed by atoms with E-state index in [1.54, 1.807) is 0 Å². The molecular formula is C26H44NO2+. The van der Waals surface area contributed by atoms with Gasteiger partial charge in [-0.25, -0.2) is 0 Å². The van der Waals surface area contributed by atoms with E-state index >= 15 is 0 Å². The van der Waals surface area contributed by atoms with Gasteiger partial charge in [-0.15, -0.1) is 0 Å². The molecule has 0 aromatic heterocycles. The summed E-state index contributed by atoms with van der Waals surface area (Å²) in [7, 11) is 0. The van der Waals surface area contributed by atoms with Gasteiger partial charge in [-0.3, -0.25) is 9.59 Å². The maximum atomic E-state index is 12.9. The Morgan fingerprint density at radius 1 is 0.552 bits per heavy atom. The van der Waals surface area contributed by atoms with Gasteiger partial charge in [-0.05, 0) is 50.4 Å². The molecule has 0 amide bonds. The van der Waals surface area contributed by atoms with E-state index in [1.807, 2.05) is 0 Å². The molecule has 1 saturated heterocycles. The first-order chi connectivity index (χ1) is 14.2. The Kier molecular flexibility index (Phi) is 7.83. The second-order valence-corrected chi connectivity index (χ2v) is 10.9. The van der Waals surface area contributed by atoms with Crippen LogP contribution in [0.3, 0.4) is 0 Å². The highest BCUT2D eigenvalue weighted by Gasteiger charge is 2.35. The van der Waals surface area contributed by atoms with Gasteiger partial charge >= 0.3 is 0 Å². The molecule has 3 saturated carbocycles. The number of nitrogens with one attached hydrogen (secondary N) is 1. The van der Waals surface area contributed by atoms with Crippen molar-refractivity contribution in [2.45, 2.75) is 103 Å². The Hall–Kier alpha value is -0.700. The largest absolute Gasteiger partial charge is 0.329 e. The van der Waals surface area contributed by atoms with Crippen LogP contribution in [0.25, 0.3) is 0 Å². The summed E-state index contributed by atoms with van der Waals surface area (Å²) in [5.74, 6) is 3.96. The Labute approximate surface area is 178 Å². The average Bonchev–Trinajstić information content (AvgIpc) is 2.80. The number of hydrogen-bond donors (Lipinski definition) is 1. The predicted octanol–water partition coefficient (Wildman–Crippen LogP) is 4.39. The van der Waals surface area contributed by atoms with Gasteiger partial charge in [0.2, 0.25) is 0 Å². The van der Waals surface area contributed by atoms with E-state index in [1.165, 1.54) is 69.1 Å². The summed E-state index contributed by atoms with van der Waals surface area (Å²) in [6.45, 7) is 2.79. The van der Waals surface area contributed by atoms with Gasteiger partial charge in [0.25, 0.3) is 0 Å². The van der Waals surface area contributed by atoms with Crippen LogP contribution in [0.15, 0.2) is 0 Å².